The number of hydrogen-bond donors (Lipinski definition) is 0. The summed E-state index contributed by atoms with van der Waals surface area (Å²) in [6.45, 7) is 2.43. The van der Waals surface area contributed by atoms with Crippen LogP contribution in [0.2, 0.25) is 0 Å². The molecule has 0 N–H and O–H groups in total. The van der Waals surface area contributed by atoms with Gasteiger partial charge in [0, 0.05) is 10.9 Å². The fourth-order valence-corrected chi connectivity index (χ4v) is 2.38. The van der Waals surface area contributed by atoms with Crippen molar-refractivity contribution in [2.24, 2.45) is 0 Å². The number of para-hydroxylation sites is 1. The highest BCUT2D eigenvalue weighted by Gasteiger charge is 2.17. The molecule has 2 aromatic carbocycles. The summed E-state index contributed by atoms with van der Waals surface area (Å²) in [6, 6.07) is 19.7. The molecule has 0 aliphatic rings. The van der Waals surface area contributed by atoms with Crippen LogP contribution in [0.25, 0.3) is 22.2 Å². The summed E-state index contributed by atoms with van der Waals surface area (Å²) in [7, 11) is 0. The standard InChI is InChI=1S/C18H14N2O/c1-2-21-18-14-10-6-7-11-16(14)20-17(15(18)12-19)13-8-4-3-5-9-13/h3-11H,2H2,1H3. The number of nitrogens with zero attached hydrogens (tertiary/aromatic N) is 2. The maximum Gasteiger partial charge on any atom is 0.148 e. The van der Waals surface area contributed by atoms with Crippen LogP contribution in [0.4, 0.5) is 0 Å². The van der Waals surface area contributed by atoms with E-state index in [1.165, 1.54) is 0 Å². The summed E-state index contributed by atoms with van der Waals surface area (Å²) in [5, 5.41) is 10.4. The number of nitriles is 1. The molecule has 21 heavy (non-hydrogen) atoms. The van der Waals surface area contributed by atoms with E-state index in [0.717, 1.165) is 16.5 Å². The van der Waals surface area contributed by atoms with Crippen molar-refractivity contribution in [1.29, 1.82) is 5.26 Å². The molecule has 0 saturated heterocycles. The van der Waals surface area contributed by atoms with Gasteiger partial charge < -0.3 is 4.74 Å². The minimum Gasteiger partial charge on any atom is -0.492 e. The Bertz CT molecular complexity index is 820. The number of aromatic nitrogens is 1. The zero-order chi connectivity index (χ0) is 14.7. The fraction of sp³-hybridized carbons (Fsp3) is 0.111. The first-order chi connectivity index (χ1) is 10.3. The van der Waals surface area contributed by atoms with Crippen LogP contribution in [0.5, 0.6) is 5.75 Å². The van der Waals surface area contributed by atoms with Crippen molar-refractivity contribution < 1.29 is 4.74 Å². The molecule has 3 aromatic rings. The van der Waals surface area contributed by atoms with E-state index in [1.807, 2.05) is 61.5 Å². The van der Waals surface area contributed by atoms with Gasteiger partial charge in [-0.15, -0.1) is 0 Å². The van der Waals surface area contributed by atoms with Crippen molar-refractivity contribution >= 4 is 10.9 Å². The molecular formula is C18H14N2O. The molecule has 0 spiro atoms. The first kappa shape index (κ1) is 13.1. The van der Waals surface area contributed by atoms with E-state index < -0.39 is 0 Å². The SMILES string of the molecule is CCOc1c(C#N)c(-c2ccccc2)nc2ccccc12. The smallest absolute Gasteiger partial charge is 0.148 e. The lowest BCUT2D eigenvalue weighted by Crippen LogP contribution is -2.00. The summed E-state index contributed by atoms with van der Waals surface area (Å²) in [4.78, 5) is 4.66. The van der Waals surface area contributed by atoms with Gasteiger partial charge in [0.25, 0.3) is 0 Å². The Morgan fingerprint density at radius 2 is 1.76 bits per heavy atom. The van der Waals surface area contributed by atoms with Gasteiger partial charge in [-0.05, 0) is 19.1 Å². The van der Waals surface area contributed by atoms with Gasteiger partial charge in [-0.2, -0.15) is 5.26 Å². The predicted octanol–water partition coefficient (Wildman–Crippen LogP) is 4.17. The average Bonchev–Trinajstić information content (AvgIpc) is 2.55. The highest BCUT2D eigenvalue weighted by atomic mass is 16.5. The highest BCUT2D eigenvalue weighted by molar-refractivity contribution is 5.91. The second kappa shape index (κ2) is 5.64. The van der Waals surface area contributed by atoms with Crippen LogP contribution in [-0.2, 0) is 0 Å². The van der Waals surface area contributed by atoms with Crippen molar-refractivity contribution in [2.75, 3.05) is 6.61 Å². The Balaban J connectivity index is 2.37. The van der Waals surface area contributed by atoms with E-state index in [2.05, 4.69) is 11.1 Å². The van der Waals surface area contributed by atoms with Gasteiger partial charge >= 0.3 is 0 Å². The lowest BCUT2D eigenvalue weighted by molar-refractivity contribution is 0.343. The molecule has 102 valence electrons. The normalized spacial score (nSPS) is 10.3. The molecule has 3 nitrogen and oxygen atoms in total. The molecular weight excluding hydrogens is 260 g/mol. The Morgan fingerprint density at radius 3 is 2.48 bits per heavy atom. The second-order valence-corrected chi connectivity index (χ2v) is 4.59. The first-order valence-electron chi connectivity index (χ1n) is 6.86. The molecule has 1 heterocycles. The Hall–Kier alpha value is -2.86. The maximum atomic E-state index is 9.58. The van der Waals surface area contributed by atoms with Crippen LogP contribution >= 0.6 is 0 Å². The summed E-state index contributed by atoms with van der Waals surface area (Å²) in [6.07, 6.45) is 0. The van der Waals surface area contributed by atoms with Crippen LogP contribution in [0, 0.1) is 11.3 Å². The van der Waals surface area contributed by atoms with Gasteiger partial charge in [-0.25, -0.2) is 4.98 Å². The Kier molecular flexibility index (Phi) is 3.53. The molecule has 1 aromatic heterocycles. The maximum absolute atomic E-state index is 9.58. The zero-order valence-corrected chi connectivity index (χ0v) is 11.7. The second-order valence-electron chi connectivity index (χ2n) is 4.59. The van der Waals surface area contributed by atoms with Crippen LogP contribution in [-0.4, -0.2) is 11.6 Å². The Labute approximate surface area is 123 Å². The third kappa shape index (κ3) is 2.32. The van der Waals surface area contributed by atoms with Crippen LogP contribution < -0.4 is 4.74 Å². The predicted molar refractivity (Wildman–Crippen MR) is 83.1 cm³/mol. The summed E-state index contributed by atoms with van der Waals surface area (Å²) >= 11 is 0. The number of hydrogen-bond acceptors (Lipinski definition) is 3. The van der Waals surface area contributed by atoms with E-state index in [0.29, 0.717) is 23.6 Å². The number of fused-ring (bicyclic) bond motifs is 1. The van der Waals surface area contributed by atoms with Crippen LogP contribution in [0.15, 0.2) is 54.6 Å². The molecule has 3 heteroatoms. The van der Waals surface area contributed by atoms with Gasteiger partial charge in [0.2, 0.25) is 0 Å². The molecule has 3 rings (SSSR count). The molecule has 0 bridgehead atoms. The topological polar surface area (TPSA) is 45.9 Å². The average molecular weight is 274 g/mol. The molecule has 0 unspecified atom stereocenters. The number of ether oxygens (including phenoxy) is 1. The van der Waals surface area contributed by atoms with Crippen LogP contribution in [0.3, 0.4) is 0 Å². The lowest BCUT2D eigenvalue weighted by Gasteiger charge is -2.13. The minimum absolute atomic E-state index is 0.488. The summed E-state index contributed by atoms with van der Waals surface area (Å²) < 4.78 is 5.74. The molecule has 0 aliphatic heterocycles. The number of rotatable bonds is 3. The fourth-order valence-electron chi connectivity index (χ4n) is 2.38. The minimum atomic E-state index is 0.488. The van der Waals surface area contributed by atoms with Crippen molar-refractivity contribution in [2.45, 2.75) is 6.92 Å². The lowest BCUT2D eigenvalue weighted by atomic mass is 10.0. The molecule has 0 amide bonds. The van der Waals surface area contributed by atoms with Gasteiger partial charge in [0.05, 0.1) is 17.8 Å². The molecule has 0 aliphatic carbocycles. The number of pyridine rings is 1. The third-order valence-corrected chi connectivity index (χ3v) is 3.29. The van der Waals surface area contributed by atoms with E-state index in [9.17, 15) is 5.26 Å². The van der Waals surface area contributed by atoms with Crippen molar-refractivity contribution in [3.05, 3.63) is 60.2 Å². The van der Waals surface area contributed by atoms with E-state index in [1.54, 1.807) is 0 Å². The van der Waals surface area contributed by atoms with E-state index >= 15 is 0 Å². The monoisotopic (exact) mass is 274 g/mol. The van der Waals surface area contributed by atoms with Gasteiger partial charge in [0.1, 0.15) is 17.4 Å². The van der Waals surface area contributed by atoms with Gasteiger partial charge in [0.15, 0.2) is 0 Å². The molecule has 0 atom stereocenters. The molecule has 0 radical (unpaired) electrons. The molecule has 0 fully saturated rings. The quantitative estimate of drug-likeness (QED) is 0.720. The largest absolute Gasteiger partial charge is 0.492 e. The van der Waals surface area contributed by atoms with Crippen LogP contribution in [0.1, 0.15) is 12.5 Å². The molecule has 0 saturated carbocycles. The first-order valence-corrected chi connectivity index (χ1v) is 6.86. The van der Waals surface area contributed by atoms with E-state index in [-0.39, 0.29) is 0 Å². The Morgan fingerprint density at radius 1 is 1.05 bits per heavy atom. The summed E-state index contributed by atoms with van der Waals surface area (Å²) in [5.74, 6) is 0.615. The highest BCUT2D eigenvalue weighted by Crippen LogP contribution is 2.35. The van der Waals surface area contributed by atoms with E-state index in [4.69, 9.17) is 4.74 Å². The van der Waals surface area contributed by atoms with Crippen molar-refractivity contribution in [1.82, 2.24) is 4.98 Å². The van der Waals surface area contributed by atoms with Crippen molar-refractivity contribution in [3.63, 3.8) is 0 Å². The third-order valence-electron chi connectivity index (χ3n) is 3.29. The van der Waals surface area contributed by atoms with Crippen molar-refractivity contribution in [3.8, 4) is 23.1 Å². The summed E-state index contributed by atoms with van der Waals surface area (Å²) in [5.41, 5.74) is 2.90. The van der Waals surface area contributed by atoms with Gasteiger partial charge in [-0.1, -0.05) is 42.5 Å². The zero-order valence-electron chi connectivity index (χ0n) is 11.7. The number of benzene rings is 2. The van der Waals surface area contributed by atoms with Gasteiger partial charge in [-0.3, -0.25) is 0 Å².